The molecule has 1 fully saturated rings. The van der Waals surface area contributed by atoms with Gasteiger partial charge in [-0.2, -0.15) is 0 Å². The highest BCUT2D eigenvalue weighted by molar-refractivity contribution is 7.96. The molecule has 0 bridgehead atoms. The molecule has 2 aromatic rings. The number of carbonyl (C=O) groups excluding carboxylic acids is 1. The van der Waals surface area contributed by atoms with Gasteiger partial charge in [-0.25, -0.2) is 16.8 Å². The van der Waals surface area contributed by atoms with E-state index in [0.29, 0.717) is 12.1 Å². The average Bonchev–Trinajstić information content (AvgIpc) is 3.24. The van der Waals surface area contributed by atoms with Crippen molar-refractivity contribution in [2.75, 3.05) is 23.0 Å². The Morgan fingerprint density at radius 2 is 1.74 bits per heavy atom. The second kappa shape index (κ2) is 6.45. The first-order valence-corrected chi connectivity index (χ1v) is 12.1. The Balaban J connectivity index is 1.57. The molecule has 4 rings (SSSR count). The number of para-hydroxylation sites is 1. The Hall–Kier alpha value is -2.19. The van der Waals surface area contributed by atoms with Crippen molar-refractivity contribution in [1.82, 2.24) is 0 Å². The van der Waals surface area contributed by atoms with Gasteiger partial charge in [0.1, 0.15) is 0 Å². The minimum Gasteiger partial charge on any atom is -0.308 e. The number of amides is 1. The molecule has 2 aliphatic rings. The summed E-state index contributed by atoms with van der Waals surface area (Å²) in [6.07, 6.45) is 0.917. The van der Waals surface area contributed by atoms with Crippen molar-refractivity contribution >= 4 is 31.3 Å². The van der Waals surface area contributed by atoms with Crippen LogP contribution in [0.4, 0.5) is 5.69 Å². The van der Waals surface area contributed by atoms with Crippen molar-refractivity contribution in [1.29, 1.82) is 0 Å². The van der Waals surface area contributed by atoms with Gasteiger partial charge in [0.05, 0.1) is 21.7 Å². The van der Waals surface area contributed by atoms with Gasteiger partial charge in [-0.05, 0) is 48.7 Å². The number of anilines is 1. The summed E-state index contributed by atoms with van der Waals surface area (Å²) in [4.78, 5) is 14.6. The first-order chi connectivity index (χ1) is 12.8. The van der Waals surface area contributed by atoms with E-state index in [2.05, 4.69) is 0 Å². The van der Waals surface area contributed by atoms with Crippen LogP contribution in [0.25, 0.3) is 0 Å². The van der Waals surface area contributed by atoms with Gasteiger partial charge < -0.3 is 4.90 Å². The Labute approximate surface area is 158 Å². The molecule has 1 atom stereocenters. The third-order valence-corrected chi connectivity index (χ3v) is 9.38. The maximum absolute atomic E-state index is 12.8. The highest BCUT2D eigenvalue weighted by Gasteiger charge is 2.38. The summed E-state index contributed by atoms with van der Waals surface area (Å²) in [6.45, 7) is 0.595. The zero-order chi connectivity index (χ0) is 19.2. The molecule has 1 saturated heterocycles. The minimum absolute atomic E-state index is 0.0583. The fourth-order valence-electron chi connectivity index (χ4n) is 3.69. The van der Waals surface area contributed by atoms with Crippen LogP contribution in [0.2, 0.25) is 0 Å². The van der Waals surface area contributed by atoms with Gasteiger partial charge in [-0.3, -0.25) is 4.79 Å². The number of hydrogen-bond donors (Lipinski definition) is 0. The van der Waals surface area contributed by atoms with Gasteiger partial charge in [0.15, 0.2) is 19.7 Å². The Morgan fingerprint density at radius 1 is 1.04 bits per heavy atom. The molecule has 27 heavy (non-hydrogen) atoms. The molecule has 0 saturated carbocycles. The zero-order valence-corrected chi connectivity index (χ0v) is 16.2. The summed E-state index contributed by atoms with van der Waals surface area (Å²) >= 11 is 0. The van der Waals surface area contributed by atoms with E-state index in [9.17, 15) is 21.6 Å². The number of nitrogens with zero attached hydrogens (tertiary/aromatic N) is 1. The highest BCUT2D eigenvalue weighted by Crippen LogP contribution is 2.30. The van der Waals surface area contributed by atoms with Crippen molar-refractivity contribution in [3.63, 3.8) is 0 Å². The Kier molecular flexibility index (Phi) is 4.35. The molecule has 142 valence electrons. The maximum Gasteiger partial charge on any atom is 0.258 e. The molecule has 0 aliphatic carbocycles. The topological polar surface area (TPSA) is 88.6 Å². The van der Waals surface area contributed by atoms with Crippen LogP contribution in [0.15, 0.2) is 53.4 Å². The molecule has 1 amide bonds. The largest absolute Gasteiger partial charge is 0.308 e. The van der Waals surface area contributed by atoms with E-state index >= 15 is 0 Å². The number of hydrogen-bond acceptors (Lipinski definition) is 5. The predicted molar refractivity (Wildman–Crippen MR) is 103 cm³/mol. The van der Waals surface area contributed by atoms with E-state index in [1.165, 1.54) is 24.3 Å². The van der Waals surface area contributed by atoms with Gasteiger partial charge in [0.25, 0.3) is 5.91 Å². The van der Waals surface area contributed by atoms with Crippen LogP contribution in [0, 0.1) is 0 Å². The van der Waals surface area contributed by atoms with Crippen LogP contribution < -0.4 is 4.90 Å². The summed E-state index contributed by atoms with van der Waals surface area (Å²) in [5.41, 5.74) is 2.41. The van der Waals surface area contributed by atoms with E-state index in [4.69, 9.17) is 0 Å². The summed E-state index contributed by atoms with van der Waals surface area (Å²) < 4.78 is 48.5. The summed E-state index contributed by atoms with van der Waals surface area (Å²) in [5.74, 6) is -0.602. The van der Waals surface area contributed by atoms with Crippen LogP contribution in [0.3, 0.4) is 0 Å². The molecular weight excluding hydrogens is 386 g/mol. The van der Waals surface area contributed by atoms with Crippen molar-refractivity contribution in [2.24, 2.45) is 0 Å². The summed E-state index contributed by atoms with van der Waals surface area (Å²) in [7, 11) is -7.01. The molecule has 0 unspecified atom stereocenters. The van der Waals surface area contributed by atoms with E-state index in [1.807, 2.05) is 24.3 Å². The summed E-state index contributed by atoms with van der Waals surface area (Å²) in [5, 5.41) is -0.908. The van der Waals surface area contributed by atoms with Crippen LogP contribution in [-0.4, -0.2) is 46.0 Å². The highest BCUT2D eigenvalue weighted by atomic mass is 32.2. The van der Waals surface area contributed by atoms with E-state index in [-0.39, 0.29) is 28.7 Å². The quantitative estimate of drug-likeness (QED) is 0.778. The molecule has 2 aromatic carbocycles. The molecule has 8 heteroatoms. The van der Waals surface area contributed by atoms with Gasteiger partial charge in [-0.15, -0.1) is 0 Å². The Morgan fingerprint density at radius 3 is 2.41 bits per heavy atom. The van der Waals surface area contributed by atoms with Gasteiger partial charge in [0, 0.05) is 17.8 Å². The average molecular weight is 405 g/mol. The van der Waals surface area contributed by atoms with Crippen LogP contribution in [0.5, 0.6) is 0 Å². The first kappa shape index (κ1) is 18.2. The van der Waals surface area contributed by atoms with Crippen molar-refractivity contribution in [3.8, 4) is 0 Å². The smallest absolute Gasteiger partial charge is 0.258 e. The number of benzene rings is 2. The van der Waals surface area contributed by atoms with E-state index in [1.54, 1.807) is 4.90 Å². The van der Waals surface area contributed by atoms with Gasteiger partial charge in [0.2, 0.25) is 0 Å². The number of rotatable bonds is 3. The molecule has 0 N–H and O–H groups in total. The molecule has 0 spiro atoms. The second-order valence-corrected chi connectivity index (χ2v) is 11.4. The van der Waals surface area contributed by atoms with Crippen molar-refractivity contribution in [3.05, 3.63) is 59.7 Å². The fourth-order valence-corrected chi connectivity index (χ4v) is 8.05. The first-order valence-electron chi connectivity index (χ1n) is 8.72. The number of carbonyl (C=O) groups is 1. The van der Waals surface area contributed by atoms with Gasteiger partial charge >= 0.3 is 0 Å². The standard InChI is InChI=1S/C19H19NO5S2/c21-19(20-11-9-14-3-1-2-4-18(14)20)15-5-7-16(8-6-15)27(24,25)17-10-12-26(22,23)13-17/h1-8,17H,9-13H2/t17-/m0/s1. The van der Waals surface area contributed by atoms with E-state index < -0.39 is 24.9 Å². The lowest BCUT2D eigenvalue weighted by Gasteiger charge is -2.17. The normalized spacial score (nSPS) is 21.2. The van der Waals surface area contributed by atoms with Crippen LogP contribution in [0.1, 0.15) is 22.3 Å². The third kappa shape index (κ3) is 3.27. The molecule has 6 nitrogen and oxygen atoms in total. The van der Waals surface area contributed by atoms with E-state index in [0.717, 1.165) is 17.7 Å². The van der Waals surface area contributed by atoms with Gasteiger partial charge in [-0.1, -0.05) is 18.2 Å². The van der Waals surface area contributed by atoms with Crippen molar-refractivity contribution in [2.45, 2.75) is 23.0 Å². The minimum atomic E-state index is -3.72. The lowest BCUT2D eigenvalue weighted by Crippen LogP contribution is -2.29. The lowest BCUT2D eigenvalue weighted by molar-refractivity contribution is 0.0989. The molecule has 0 radical (unpaired) electrons. The number of sulfone groups is 2. The third-order valence-electron chi connectivity index (χ3n) is 5.19. The summed E-state index contributed by atoms with van der Waals surface area (Å²) in [6, 6.07) is 13.5. The SMILES string of the molecule is O=C(c1ccc(S(=O)(=O)[C@H]2CCS(=O)(=O)C2)cc1)N1CCc2ccccc21. The molecule has 0 aromatic heterocycles. The van der Waals surface area contributed by atoms with Crippen LogP contribution in [-0.2, 0) is 26.1 Å². The molecule has 2 heterocycles. The molecule has 2 aliphatic heterocycles. The second-order valence-electron chi connectivity index (χ2n) is 6.93. The lowest BCUT2D eigenvalue weighted by atomic mass is 10.1. The predicted octanol–water partition coefficient (Wildman–Crippen LogP) is 1.85. The fraction of sp³-hybridized carbons (Fsp3) is 0.316. The molecular formula is C19H19NO5S2. The number of fused-ring (bicyclic) bond motifs is 1. The Bertz CT molecular complexity index is 1110. The maximum atomic E-state index is 12.8. The zero-order valence-electron chi connectivity index (χ0n) is 14.5. The monoisotopic (exact) mass is 405 g/mol. The van der Waals surface area contributed by atoms with Crippen LogP contribution >= 0.6 is 0 Å². The van der Waals surface area contributed by atoms with Crippen molar-refractivity contribution < 1.29 is 21.6 Å².